The highest BCUT2D eigenvalue weighted by molar-refractivity contribution is 8.00. The maximum Gasteiger partial charge on any atom is 0.278 e. The van der Waals surface area contributed by atoms with Crippen LogP contribution in [-0.4, -0.2) is 32.2 Å². The molecule has 33 heavy (non-hydrogen) atoms. The summed E-state index contributed by atoms with van der Waals surface area (Å²) in [4.78, 5) is 39.5. The van der Waals surface area contributed by atoms with Crippen molar-refractivity contribution in [3.63, 3.8) is 0 Å². The van der Waals surface area contributed by atoms with Crippen LogP contribution in [-0.2, 0) is 9.59 Å². The molecule has 0 saturated carbocycles. The monoisotopic (exact) mass is 489 g/mol. The molecular formula is C22H21ClFN5O3S. The van der Waals surface area contributed by atoms with Crippen molar-refractivity contribution in [3.8, 4) is 11.3 Å². The number of amides is 2. The van der Waals surface area contributed by atoms with E-state index in [1.165, 1.54) is 19.1 Å². The second-order valence-electron chi connectivity index (χ2n) is 7.37. The third kappa shape index (κ3) is 5.96. The first-order valence-corrected chi connectivity index (χ1v) is 11.1. The molecule has 3 N–H and O–H groups in total. The number of halogens is 2. The van der Waals surface area contributed by atoms with Gasteiger partial charge in [-0.05, 0) is 50.6 Å². The number of nitrogens with one attached hydrogen (secondary N) is 3. The molecule has 1 atom stereocenters. The van der Waals surface area contributed by atoms with Crippen molar-refractivity contribution in [2.75, 3.05) is 10.6 Å². The number of aromatic amines is 1. The molecule has 0 bridgehead atoms. The average Bonchev–Trinajstić information content (AvgIpc) is 2.72. The minimum absolute atomic E-state index is 0.0490. The highest BCUT2D eigenvalue weighted by Gasteiger charge is 2.19. The molecule has 8 nitrogen and oxygen atoms in total. The summed E-state index contributed by atoms with van der Waals surface area (Å²) in [5.41, 5.74) is 2.49. The number of thioether (sulfide) groups is 1. The number of aryl methyl sites for hydroxylation is 2. The van der Waals surface area contributed by atoms with Crippen molar-refractivity contribution in [2.45, 2.75) is 38.1 Å². The lowest BCUT2D eigenvalue weighted by molar-refractivity contribution is -0.115. The largest absolute Gasteiger partial charge is 0.325 e. The van der Waals surface area contributed by atoms with Gasteiger partial charge < -0.3 is 10.6 Å². The summed E-state index contributed by atoms with van der Waals surface area (Å²) in [5, 5.41) is 12.9. The second-order valence-corrected chi connectivity index (χ2v) is 9.11. The second kappa shape index (κ2) is 10.1. The van der Waals surface area contributed by atoms with Crippen LogP contribution in [0.25, 0.3) is 11.3 Å². The first-order chi connectivity index (χ1) is 15.5. The van der Waals surface area contributed by atoms with Gasteiger partial charge in [0.15, 0.2) is 10.9 Å². The molecule has 0 saturated heterocycles. The molecule has 2 aromatic carbocycles. The fourth-order valence-corrected chi connectivity index (χ4v) is 4.01. The number of rotatable bonds is 6. The molecule has 11 heteroatoms. The minimum Gasteiger partial charge on any atom is -0.325 e. The smallest absolute Gasteiger partial charge is 0.278 e. The highest BCUT2D eigenvalue weighted by Crippen LogP contribution is 2.30. The molecule has 0 spiro atoms. The lowest BCUT2D eigenvalue weighted by Crippen LogP contribution is -2.24. The molecule has 0 radical (unpaired) electrons. The normalized spacial score (nSPS) is 11.7. The number of hydrogen-bond acceptors (Lipinski definition) is 6. The molecule has 3 aromatic rings. The topological polar surface area (TPSA) is 117 Å². The third-order valence-electron chi connectivity index (χ3n) is 4.56. The summed E-state index contributed by atoms with van der Waals surface area (Å²) < 4.78 is 13.3. The predicted octanol–water partition coefficient (Wildman–Crippen LogP) is 4.32. The van der Waals surface area contributed by atoms with Crippen molar-refractivity contribution in [1.82, 2.24) is 15.2 Å². The lowest BCUT2D eigenvalue weighted by Gasteiger charge is -2.14. The van der Waals surface area contributed by atoms with Gasteiger partial charge in [0.2, 0.25) is 11.8 Å². The van der Waals surface area contributed by atoms with Crippen LogP contribution >= 0.6 is 23.4 Å². The Balaban J connectivity index is 1.81. The molecule has 172 valence electrons. The summed E-state index contributed by atoms with van der Waals surface area (Å²) in [6.07, 6.45) is 0. The van der Waals surface area contributed by atoms with Crippen molar-refractivity contribution >= 4 is 46.6 Å². The van der Waals surface area contributed by atoms with Crippen molar-refractivity contribution < 1.29 is 14.0 Å². The SMILES string of the molecule is CC(=O)Nc1c(C)cc(C)cc1-c1nnc(S[C@@H](C)C(=O)Nc2ccc(F)c(Cl)c2)[nH]c1=O. The highest BCUT2D eigenvalue weighted by atomic mass is 35.5. The van der Waals surface area contributed by atoms with E-state index in [9.17, 15) is 18.8 Å². The molecule has 0 unspecified atom stereocenters. The van der Waals surface area contributed by atoms with E-state index in [1.54, 1.807) is 13.0 Å². The number of anilines is 2. The van der Waals surface area contributed by atoms with Crippen molar-refractivity contribution in [1.29, 1.82) is 0 Å². The van der Waals surface area contributed by atoms with Crippen molar-refractivity contribution in [3.05, 3.63) is 62.7 Å². The van der Waals surface area contributed by atoms with E-state index < -0.39 is 22.5 Å². The van der Waals surface area contributed by atoms with Gasteiger partial charge in [0.1, 0.15) is 5.82 Å². The number of hydrogen-bond donors (Lipinski definition) is 3. The molecule has 0 aliphatic heterocycles. The summed E-state index contributed by atoms with van der Waals surface area (Å²) in [6, 6.07) is 7.48. The fourth-order valence-electron chi connectivity index (χ4n) is 3.09. The van der Waals surface area contributed by atoms with Gasteiger partial charge in [-0.15, -0.1) is 10.2 Å². The maximum absolute atomic E-state index is 13.3. The van der Waals surface area contributed by atoms with Gasteiger partial charge in [-0.1, -0.05) is 35.0 Å². The van der Waals surface area contributed by atoms with Crippen LogP contribution in [0.15, 0.2) is 40.3 Å². The van der Waals surface area contributed by atoms with E-state index >= 15 is 0 Å². The minimum atomic E-state index is -0.652. The Bertz CT molecular complexity index is 1300. The van der Waals surface area contributed by atoms with E-state index in [1.807, 2.05) is 19.9 Å². The number of carbonyl (C=O) groups is 2. The first kappa shape index (κ1) is 24.4. The van der Waals surface area contributed by atoms with Gasteiger partial charge in [-0.2, -0.15) is 0 Å². The Hall–Kier alpha value is -3.24. The maximum atomic E-state index is 13.3. The molecule has 0 aliphatic carbocycles. The third-order valence-corrected chi connectivity index (χ3v) is 5.82. The van der Waals surface area contributed by atoms with E-state index in [4.69, 9.17) is 11.6 Å². The predicted molar refractivity (Wildman–Crippen MR) is 127 cm³/mol. The zero-order chi connectivity index (χ0) is 24.3. The van der Waals surface area contributed by atoms with Gasteiger partial charge in [0, 0.05) is 18.2 Å². The Kier molecular flexibility index (Phi) is 7.50. The zero-order valence-corrected chi connectivity index (χ0v) is 19.8. The fraction of sp³-hybridized carbons (Fsp3) is 0.227. The van der Waals surface area contributed by atoms with Crippen molar-refractivity contribution in [2.24, 2.45) is 0 Å². The van der Waals surface area contributed by atoms with Crippen LogP contribution < -0.4 is 16.2 Å². The average molecular weight is 490 g/mol. The Morgan fingerprint density at radius 1 is 1.15 bits per heavy atom. The number of benzene rings is 2. The molecule has 2 amide bonds. The van der Waals surface area contributed by atoms with Crippen LogP contribution in [0.5, 0.6) is 0 Å². The van der Waals surface area contributed by atoms with Gasteiger partial charge in [0.05, 0.1) is 16.0 Å². The standard InChI is InChI=1S/C22H21ClFN5O3S/c1-10-7-11(2)18(25-13(4)30)15(8-10)19-21(32)27-22(29-28-19)33-12(3)20(31)26-14-5-6-17(24)16(23)9-14/h5-9,12H,1-4H3,(H,25,30)(H,26,31)(H,27,29,32)/t12-/m0/s1. The summed E-state index contributed by atoms with van der Waals surface area (Å²) in [5.74, 6) is -1.26. The van der Waals surface area contributed by atoms with Crippen LogP contribution in [0.4, 0.5) is 15.8 Å². The molecule has 0 fully saturated rings. The number of carbonyl (C=O) groups excluding carboxylic acids is 2. The van der Waals surface area contributed by atoms with E-state index in [0.29, 0.717) is 16.9 Å². The van der Waals surface area contributed by atoms with Gasteiger partial charge in [0.25, 0.3) is 5.56 Å². The Labute approximate surface area is 198 Å². The molecule has 1 aromatic heterocycles. The number of aromatic nitrogens is 3. The summed E-state index contributed by atoms with van der Waals surface area (Å²) >= 11 is 6.73. The molecule has 3 rings (SSSR count). The first-order valence-electron chi connectivity index (χ1n) is 9.84. The number of nitrogens with zero attached hydrogens (tertiary/aromatic N) is 2. The van der Waals surface area contributed by atoms with E-state index in [2.05, 4.69) is 25.8 Å². The number of H-pyrrole nitrogens is 1. The van der Waals surface area contributed by atoms with E-state index in [-0.39, 0.29) is 21.8 Å². The Morgan fingerprint density at radius 3 is 2.52 bits per heavy atom. The van der Waals surface area contributed by atoms with Crippen LogP contribution in [0.1, 0.15) is 25.0 Å². The van der Waals surface area contributed by atoms with Gasteiger partial charge in [-0.3, -0.25) is 19.4 Å². The van der Waals surface area contributed by atoms with Gasteiger partial charge >= 0.3 is 0 Å². The lowest BCUT2D eigenvalue weighted by atomic mass is 10.0. The summed E-state index contributed by atoms with van der Waals surface area (Å²) in [6.45, 7) is 6.69. The van der Waals surface area contributed by atoms with E-state index in [0.717, 1.165) is 29.0 Å². The molecule has 0 aliphatic rings. The Morgan fingerprint density at radius 2 is 1.88 bits per heavy atom. The summed E-state index contributed by atoms with van der Waals surface area (Å²) in [7, 11) is 0. The molecule has 1 heterocycles. The zero-order valence-electron chi connectivity index (χ0n) is 18.2. The van der Waals surface area contributed by atoms with Crippen LogP contribution in [0.2, 0.25) is 5.02 Å². The van der Waals surface area contributed by atoms with Gasteiger partial charge in [-0.25, -0.2) is 4.39 Å². The van der Waals surface area contributed by atoms with Crippen LogP contribution in [0, 0.1) is 19.7 Å². The molecular weight excluding hydrogens is 469 g/mol. The quantitative estimate of drug-likeness (QED) is 0.444. The van der Waals surface area contributed by atoms with Crippen LogP contribution in [0.3, 0.4) is 0 Å².